The summed E-state index contributed by atoms with van der Waals surface area (Å²) in [5.74, 6) is 0. The molecule has 0 aliphatic rings. The number of rotatable bonds is 2. The van der Waals surface area contributed by atoms with Crippen LogP contribution in [0.2, 0.25) is 0 Å². The Morgan fingerprint density at radius 1 is 1.70 bits per heavy atom. The van der Waals surface area contributed by atoms with Gasteiger partial charge in [0.25, 0.3) is 0 Å². The highest BCUT2D eigenvalue weighted by atomic mass is 32.2. The monoisotopic (exact) mass is 156 g/mol. The van der Waals surface area contributed by atoms with E-state index < -0.39 is 11.0 Å². The fourth-order valence-corrected chi connectivity index (χ4v) is 1.17. The molecule has 0 bridgehead atoms. The van der Waals surface area contributed by atoms with Crippen molar-refractivity contribution in [2.24, 2.45) is 0 Å². The van der Waals surface area contributed by atoms with Gasteiger partial charge in [0.05, 0.1) is 4.90 Å². The Bertz CT molecular complexity index is 224. The summed E-state index contributed by atoms with van der Waals surface area (Å²) in [6.45, 7) is 0. The van der Waals surface area contributed by atoms with E-state index in [1.807, 2.05) is 0 Å². The van der Waals surface area contributed by atoms with Crippen molar-refractivity contribution in [3.8, 4) is 0 Å². The number of hydrogen-bond donors (Lipinski definition) is 1. The molecule has 3 nitrogen and oxygen atoms in total. The van der Waals surface area contributed by atoms with E-state index in [4.69, 9.17) is 0 Å². The van der Waals surface area contributed by atoms with Crippen molar-refractivity contribution in [1.29, 1.82) is 0 Å². The Morgan fingerprint density at radius 3 is 3.00 bits per heavy atom. The molecule has 1 atom stereocenters. The third kappa shape index (κ3) is 1.62. The van der Waals surface area contributed by atoms with Gasteiger partial charge in [0, 0.05) is 12.4 Å². The highest BCUT2D eigenvalue weighted by molar-refractivity contribution is 7.83. The summed E-state index contributed by atoms with van der Waals surface area (Å²) < 4.78 is 13.6. The maximum absolute atomic E-state index is 11.0. The molecular weight excluding hydrogens is 148 g/mol. The average molecular weight is 156 g/mol. The van der Waals surface area contributed by atoms with Crippen molar-refractivity contribution in [1.82, 2.24) is 9.71 Å². The molecule has 0 aromatic carbocycles. The smallest absolute Gasteiger partial charge is 0.126 e. The second-order valence-electron chi connectivity index (χ2n) is 1.66. The van der Waals surface area contributed by atoms with Crippen LogP contribution in [0.5, 0.6) is 0 Å². The van der Waals surface area contributed by atoms with Crippen molar-refractivity contribution in [2.75, 3.05) is 7.05 Å². The topological polar surface area (TPSA) is 42.0 Å². The van der Waals surface area contributed by atoms with Crippen LogP contribution >= 0.6 is 0 Å². The molecule has 0 amide bonds. The molecule has 0 saturated carbocycles. The lowest BCUT2D eigenvalue weighted by Crippen LogP contribution is -2.10. The lowest BCUT2D eigenvalue weighted by molar-refractivity contribution is 0.677. The van der Waals surface area contributed by atoms with Gasteiger partial charge in [-0.25, -0.2) is 8.93 Å². The summed E-state index contributed by atoms with van der Waals surface area (Å²) in [6.07, 6.45) is 3.23. The van der Waals surface area contributed by atoms with E-state index in [1.165, 1.54) is 0 Å². The molecule has 0 spiro atoms. The van der Waals surface area contributed by atoms with Gasteiger partial charge in [-0.15, -0.1) is 0 Å². The largest absolute Gasteiger partial charge is 0.263 e. The van der Waals surface area contributed by atoms with E-state index in [9.17, 15) is 4.21 Å². The van der Waals surface area contributed by atoms with E-state index in [0.29, 0.717) is 4.90 Å². The highest BCUT2D eigenvalue weighted by Crippen LogP contribution is 1.98. The second kappa shape index (κ2) is 3.43. The van der Waals surface area contributed by atoms with Crippen LogP contribution in [0.4, 0.5) is 0 Å². The summed E-state index contributed by atoms with van der Waals surface area (Å²) in [6, 6.07) is 3.52. The number of nitrogens with zero attached hydrogens (tertiary/aromatic N) is 1. The first-order valence-electron chi connectivity index (χ1n) is 2.84. The van der Waals surface area contributed by atoms with E-state index in [2.05, 4.69) is 9.71 Å². The summed E-state index contributed by atoms with van der Waals surface area (Å²) in [5, 5.41) is 0. The summed E-state index contributed by atoms with van der Waals surface area (Å²) in [5.41, 5.74) is 0. The molecule has 1 heterocycles. The predicted octanol–water partition coefficient (Wildman–Crippen LogP) is 0.324. The number of pyridine rings is 1. The van der Waals surface area contributed by atoms with Crippen LogP contribution in [0.25, 0.3) is 0 Å². The molecule has 0 fully saturated rings. The Hall–Kier alpha value is -0.740. The van der Waals surface area contributed by atoms with Crippen molar-refractivity contribution < 1.29 is 4.21 Å². The molecule has 0 aliphatic heterocycles. The molecule has 1 unspecified atom stereocenters. The van der Waals surface area contributed by atoms with Crippen molar-refractivity contribution in [3.63, 3.8) is 0 Å². The SMILES string of the molecule is CNS(=O)c1cccnc1. The molecule has 1 aromatic heterocycles. The zero-order valence-corrected chi connectivity index (χ0v) is 6.39. The van der Waals surface area contributed by atoms with Crippen LogP contribution in [0, 0.1) is 0 Å². The van der Waals surface area contributed by atoms with Crippen LogP contribution in [-0.4, -0.2) is 16.2 Å². The highest BCUT2D eigenvalue weighted by Gasteiger charge is 1.96. The molecular formula is C6H8N2OS. The fourth-order valence-electron chi connectivity index (χ4n) is 0.575. The second-order valence-corrected chi connectivity index (χ2v) is 3.08. The summed E-state index contributed by atoms with van der Waals surface area (Å²) in [4.78, 5) is 4.52. The fraction of sp³-hybridized carbons (Fsp3) is 0.167. The van der Waals surface area contributed by atoms with Gasteiger partial charge in [-0.1, -0.05) is 0 Å². The average Bonchev–Trinajstić information content (AvgIpc) is 2.05. The summed E-state index contributed by atoms with van der Waals surface area (Å²) in [7, 11) is 0.539. The zero-order valence-electron chi connectivity index (χ0n) is 5.57. The molecule has 1 N–H and O–H groups in total. The summed E-state index contributed by atoms with van der Waals surface area (Å²) >= 11 is 0. The van der Waals surface area contributed by atoms with Crippen LogP contribution < -0.4 is 4.72 Å². The molecule has 0 saturated heterocycles. The molecule has 54 valence electrons. The normalized spacial score (nSPS) is 12.9. The molecule has 0 aliphatic carbocycles. The van der Waals surface area contributed by atoms with Crippen LogP contribution in [0.1, 0.15) is 0 Å². The van der Waals surface area contributed by atoms with Crippen molar-refractivity contribution >= 4 is 11.0 Å². The van der Waals surface area contributed by atoms with Gasteiger partial charge in [-0.05, 0) is 19.2 Å². The number of hydrogen-bond acceptors (Lipinski definition) is 2. The van der Waals surface area contributed by atoms with Gasteiger partial charge in [0.1, 0.15) is 11.0 Å². The van der Waals surface area contributed by atoms with Gasteiger partial charge < -0.3 is 0 Å². The van der Waals surface area contributed by atoms with E-state index in [1.54, 1.807) is 31.6 Å². The van der Waals surface area contributed by atoms with Gasteiger partial charge in [0.15, 0.2) is 0 Å². The Labute approximate surface area is 62.1 Å². The van der Waals surface area contributed by atoms with Crippen LogP contribution in [-0.2, 0) is 11.0 Å². The third-order valence-corrected chi connectivity index (χ3v) is 2.07. The van der Waals surface area contributed by atoms with E-state index >= 15 is 0 Å². The van der Waals surface area contributed by atoms with Gasteiger partial charge in [0.2, 0.25) is 0 Å². The minimum absolute atomic E-state index is 0.699. The molecule has 10 heavy (non-hydrogen) atoms. The van der Waals surface area contributed by atoms with Gasteiger partial charge in [-0.2, -0.15) is 0 Å². The van der Waals surface area contributed by atoms with Gasteiger partial charge >= 0.3 is 0 Å². The molecule has 1 aromatic rings. The van der Waals surface area contributed by atoms with E-state index in [-0.39, 0.29) is 0 Å². The Kier molecular flexibility index (Phi) is 2.53. The van der Waals surface area contributed by atoms with E-state index in [0.717, 1.165) is 0 Å². The minimum atomic E-state index is -1.10. The Balaban J connectivity index is 2.85. The number of nitrogens with one attached hydrogen (secondary N) is 1. The van der Waals surface area contributed by atoms with Crippen molar-refractivity contribution in [2.45, 2.75) is 4.90 Å². The maximum atomic E-state index is 11.0. The minimum Gasteiger partial charge on any atom is -0.263 e. The quantitative estimate of drug-likeness (QED) is 0.670. The van der Waals surface area contributed by atoms with Crippen LogP contribution in [0.15, 0.2) is 29.4 Å². The molecule has 4 heteroatoms. The Morgan fingerprint density at radius 2 is 2.50 bits per heavy atom. The molecule has 1 rings (SSSR count). The zero-order chi connectivity index (χ0) is 7.40. The first kappa shape index (κ1) is 7.37. The maximum Gasteiger partial charge on any atom is 0.126 e. The third-order valence-electron chi connectivity index (χ3n) is 1.03. The van der Waals surface area contributed by atoms with Crippen LogP contribution in [0.3, 0.4) is 0 Å². The van der Waals surface area contributed by atoms with Crippen molar-refractivity contribution in [3.05, 3.63) is 24.5 Å². The lowest BCUT2D eigenvalue weighted by atomic mass is 10.5. The predicted molar refractivity (Wildman–Crippen MR) is 39.7 cm³/mol. The van der Waals surface area contributed by atoms with Gasteiger partial charge in [-0.3, -0.25) is 4.98 Å². The first-order valence-corrected chi connectivity index (χ1v) is 3.99. The number of aromatic nitrogens is 1. The standard InChI is InChI=1S/C6H8N2OS/c1-7-10(9)6-3-2-4-8-5-6/h2-5,7H,1H3. The molecule has 0 radical (unpaired) electrons. The lowest BCUT2D eigenvalue weighted by Gasteiger charge is -1.95. The first-order chi connectivity index (χ1) is 4.84.